The first-order chi connectivity index (χ1) is 3.29. The maximum Gasteiger partial charge on any atom is 0.180 e. The van der Waals surface area contributed by atoms with Crippen molar-refractivity contribution in [2.24, 2.45) is 7.05 Å². The predicted octanol–water partition coefficient (Wildman–Crippen LogP) is 0.150. The van der Waals surface area contributed by atoms with Crippen molar-refractivity contribution >= 4 is 11.5 Å². The molecule has 0 atom stereocenters. The average Bonchev–Trinajstić information content (AvgIpc) is 1.87. The molecule has 1 aromatic rings. The lowest BCUT2D eigenvalue weighted by molar-refractivity contribution is -0.663. The Balaban J connectivity index is 3.04. The highest BCUT2D eigenvalue weighted by atomic mass is 32.1. The topological polar surface area (TPSA) is 16.8 Å². The number of aryl methyl sites for hydroxylation is 1. The van der Waals surface area contributed by atoms with E-state index in [1.165, 1.54) is 0 Å². The number of aromatic nitrogens is 2. The van der Waals surface area contributed by atoms with Crippen LogP contribution in [-0.2, 0) is 7.05 Å². The zero-order valence-corrected chi connectivity index (χ0v) is 4.90. The van der Waals surface area contributed by atoms with Crippen molar-refractivity contribution in [3.63, 3.8) is 0 Å². The standard InChI is InChI=1S/C4H6N2S/c1-4-3-7-6(2)5-4/h3H,1H2,2H3/q+1. The minimum atomic E-state index is 0.840. The Morgan fingerprint density at radius 3 is 2.86 bits per heavy atom. The molecule has 1 rings (SSSR count). The average molecular weight is 114 g/mol. The van der Waals surface area contributed by atoms with Gasteiger partial charge in [-0.3, -0.25) is 0 Å². The van der Waals surface area contributed by atoms with Crippen molar-refractivity contribution < 1.29 is 4.07 Å². The lowest BCUT2D eigenvalue weighted by atomic mass is 10.6. The summed E-state index contributed by atoms with van der Waals surface area (Å²) in [5.41, 5.74) is 0.840. The second-order valence-corrected chi connectivity index (χ2v) is 2.25. The summed E-state index contributed by atoms with van der Waals surface area (Å²) in [5.74, 6) is 0. The van der Waals surface area contributed by atoms with E-state index in [2.05, 4.69) is 12.0 Å². The largest absolute Gasteiger partial charge is 0.180 e. The van der Waals surface area contributed by atoms with Crippen molar-refractivity contribution in [3.05, 3.63) is 18.0 Å². The summed E-state index contributed by atoms with van der Waals surface area (Å²) in [6.45, 7) is 3.62. The number of nitrogens with zero attached hydrogens (tertiary/aromatic N) is 2. The molecule has 0 saturated carbocycles. The summed E-state index contributed by atoms with van der Waals surface area (Å²) in [6, 6.07) is 0. The lowest BCUT2D eigenvalue weighted by Crippen LogP contribution is -2.25. The second kappa shape index (κ2) is 1.58. The Morgan fingerprint density at radius 1 is 2.00 bits per heavy atom. The van der Waals surface area contributed by atoms with Crippen LogP contribution in [0.4, 0.5) is 0 Å². The number of hydrogen-bond acceptors (Lipinski definition) is 2. The molecule has 0 amide bonds. The summed E-state index contributed by atoms with van der Waals surface area (Å²) < 4.78 is 1.77. The molecule has 37 valence electrons. The smallest absolute Gasteiger partial charge is 0.0288 e. The van der Waals surface area contributed by atoms with Gasteiger partial charge in [0.05, 0.1) is 5.38 Å². The Kier molecular flexibility index (Phi) is 1.06. The Morgan fingerprint density at radius 2 is 2.71 bits per heavy atom. The molecular weight excluding hydrogens is 108 g/mol. The van der Waals surface area contributed by atoms with Crippen molar-refractivity contribution in [1.29, 1.82) is 0 Å². The highest BCUT2D eigenvalue weighted by Gasteiger charge is 1.95. The summed E-state index contributed by atoms with van der Waals surface area (Å²) in [6.07, 6.45) is 0. The maximum absolute atomic E-state index is 3.94. The molecular formula is C4H6N2S+. The molecule has 0 aliphatic heterocycles. The van der Waals surface area contributed by atoms with E-state index in [0.29, 0.717) is 0 Å². The molecule has 1 heterocycles. The highest BCUT2D eigenvalue weighted by molar-refractivity contribution is 6.99. The molecule has 0 unspecified atom stereocenters. The third kappa shape index (κ3) is 0.962. The van der Waals surface area contributed by atoms with Crippen LogP contribution in [0.5, 0.6) is 0 Å². The van der Waals surface area contributed by atoms with Gasteiger partial charge in [0, 0.05) is 12.0 Å². The maximum atomic E-state index is 3.94. The van der Waals surface area contributed by atoms with Crippen molar-refractivity contribution in [1.82, 2.24) is 5.10 Å². The first-order valence-corrected chi connectivity index (χ1v) is 2.77. The van der Waals surface area contributed by atoms with Crippen LogP contribution in [0, 0.1) is 6.92 Å². The summed E-state index contributed by atoms with van der Waals surface area (Å²) in [4.78, 5) is 0. The van der Waals surface area contributed by atoms with E-state index in [1.54, 1.807) is 15.6 Å². The van der Waals surface area contributed by atoms with Crippen LogP contribution in [0.3, 0.4) is 0 Å². The fourth-order valence-corrected chi connectivity index (χ4v) is 0.839. The normalized spacial score (nSPS) is 9.43. The first-order valence-electron chi connectivity index (χ1n) is 1.93. The van der Waals surface area contributed by atoms with Crippen molar-refractivity contribution in [3.8, 4) is 0 Å². The van der Waals surface area contributed by atoms with E-state index in [9.17, 15) is 0 Å². The van der Waals surface area contributed by atoms with E-state index >= 15 is 0 Å². The molecule has 0 saturated heterocycles. The van der Waals surface area contributed by atoms with Crippen LogP contribution < -0.4 is 4.07 Å². The van der Waals surface area contributed by atoms with Crippen LogP contribution in [-0.4, -0.2) is 5.10 Å². The summed E-state index contributed by atoms with van der Waals surface area (Å²) >= 11 is 1.55. The van der Waals surface area contributed by atoms with Crippen LogP contribution >= 0.6 is 11.5 Å². The molecule has 0 spiro atoms. The molecule has 0 fully saturated rings. The zero-order valence-electron chi connectivity index (χ0n) is 4.09. The molecule has 3 heteroatoms. The zero-order chi connectivity index (χ0) is 5.28. The molecule has 0 bridgehead atoms. The summed E-state index contributed by atoms with van der Waals surface area (Å²) in [7, 11) is 1.89. The third-order valence-corrected chi connectivity index (χ3v) is 1.37. The first kappa shape index (κ1) is 4.71. The van der Waals surface area contributed by atoms with Crippen molar-refractivity contribution in [2.45, 2.75) is 0 Å². The molecule has 0 aromatic carbocycles. The fourth-order valence-electron chi connectivity index (χ4n) is 0.365. The molecule has 7 heavy (non-hydrogen) atoms. The van der Waals surface area contributed by atoms with E-state index < -0.39 is 0 Å². The fraction of sp³-hybridized carbons (Fsp3) is 0.250. The lowest BCUT2D eigenvalue weighted by Gasteiger charge is -1.62. The minimum Gasteiger partial charge on any atom is -0.0288 e. The molecule has 1 radical (unpaired) electrons. The molecule has 2 nitrogen and oxygen atoms in total. The highest BCUT2D eigenvalue weighted by Crippen LogP contribution is 1.88. The van der Waals surface area contributed by atoms with Crippen LogP contribution in [0.2, 0.25) is 0 Å². The number of hydrogen-bond donors (Lipinski definition) is 0. The second-order valence-electron chi connectivity index (χ2n) is 1.28. The van der Waals surface area contributed by atoms with Gasteiger partial charge in [-0.2, -0.15) is 0 Å². The van der Waals surface area contributed by atoms with Crippen molar-refractivity contribution in [2.75, 3.05) is 0 Å². The Bertz CT molecular complexity index is 142. The van der Waals surface area contributed by atoms with E-state index in [4.69, 9.17) is 0 Å². The van der Waals surface area contributed by atoms with Crippen LogP contribution in [0.1, 0.15) is 5.69 Å². The van der Waals surface area contributed by atoms with Gasteiger partial charge in [0.25, 0.3) is 0 Å². The van der Waals surface area contributed by atoms with Gasteiger partial charge in [-0.1, -0.05) is 0 Å². The molecule has 0 N–H and O–H groups in total. The van der Waals surface area contributed by atoms with Gasteiger partial charge < -0.3 is 0 Å². The third-order valence-electron chi connectivity index (χ3n) is 0.611. The van der Waals surface area contributed by atoms with Gasteiger partial charge in [0.1, 0.15) is 5.69 Å². The molecule has 0 aliphatic rings. The predicted molar refractivity (Wildman–Crippen MR) is 27.7 cm³/mol. The molecule has 0 aliphatic carbocycles. The quantitative estimate of drug-likeness (QED) is 0.439. The molecule has 1 aromatic heterocycles. The number of rotatable bonds is 0. The minimum absolute atomic E-state index is 0.840. The van der Waals surface area contributed by atoms with Gasteiger partial charge in [0.2, 0.25) is 0 Å². The van der Waals surface area contributed by atoms with Gasteiger partial charge in [-0.05, 0) is 4.07 Å². The van der Waals surface area contributed by atoms with Gasteiger partial charge >= 0.3 is 0 Å². The van der Waals surface area contributed by atoms with E-state index in [1.807, 2.05) is 12.4 Å². The SMILES string of the molecule is [CH2]c1cs[n+](C)n1. The van der Waals surface area contributed by atoms with E-state index in [0.717, 1.165) is 5.69 Å². The van der Waals surface area contributed by atoms with Crippen LogP contribution in [0.25, 0.3) is 0 Å². The Hall–Kier alpha value is -0.440. The van der Waals surface area contributed by atoms with Gasteiger partial charge in [0.15, 0.2) is 18.6 Å². The Labute approximate surface area is 46.6 Å². The van der Waals surface area contributed by atoms with E-state index in [-0.39, 0.29) is 0 Å². The van der Waals surface area contributed by atoms with Gasteiger partial charge in [-0.15, -0.1) is 0 Å². The summed E-state index contributed by atoms with van der Waals surface area (Å²) in [5, 5.41) is 5.84. The van der Waals surface area contributed by atoms with Gasteiger partial charge in [-0.25, -0.2) is 0 Å². The monoisotopic (exact) mass is 114 g/mol. The van der Waals surface area contributed by atoms with Crippen LogP contribution in [0.15, 0.2) is 5.38 Å².